The molecule has 1 fully saturated rings. The van der Waals surface area contributed by atoms with E-state index in [0.717, 1.165) is 29.1 Å². The van der Waals surface area contributed by atoms with Crippen molar-refractivity contribution in [1.29, 1.82) is 0 Å². The molecule has 0 unspecified atom stereocenters. The van der Waals surface area contributed by atoms with E-state index in [1.165, 1.54) is 17.7 Å². The van der Waals surface area contributed by atoms with E-state index in [1.54, 1.807) is 11.3 Å². The molecule has 1 aromatic carbocycles. The first-order valence-corrected chi connectivity index (χ1v) is 9.50. The van der Waals surface area contributed by atoms with Gasteiger partial charge in [-0.15, -0.1) is 11.3 Å². The summed E-state index contributed by atoms with van der Waals surface area (Å²) in [7, 11) is 0. The van der Waals surface area contributed by atoms with Gasteiger partial charge in [-0.05, 0) is 26.7 Å². The minimum Gasteiger partial charge on any atom is -0.352 e. The Morgan fingerprint density at radius 3 is 2.71 bits per heavy atom. The van der Waals surface area contributed by atoms with Crippen LogP contribution in [0.5, 0.6) is 0 Å². The second-order valence-electron chi connectivity index (χ2n) is 6.49. The van der Waals surface area contributed by atoms with E-state index in [0.29, 0.717) is 12.6 Å². The van der Waals surface area contributed by atoms with Crippen molar-refractivity contribution in [1.82, 2.24) is 15.6 Å². The van der Waals surface area contributed by atoms with Crippen molar-refractivity contribution < 1.29 is 4.79 Å². The molecule has 0 saturated heterocycles. The predicted molar refractivity (Wildman–Crippen MR) is 99.0 cm³/mol. The zero-order valence-corrected chi connectivity index (χ0v) is 15.2. The van der Waals surface area contributed by atoms with E-state index in [-0.39, 0.29) is 11.9 Å². The van der Waals surface area contributed by atoms with E-state index in [2.05, 4.69) is 27.8 Å². The highest BCUT2D eigenvalue weighted by Crippen LogP contribution is 2.27. The van der Waals surface area contributed by atoms with Crippen LogP contribution in [-0.2, 0) is 11.3 Å². The fourth-order valence-corrected chi connectivity index (χ4v) is 4.05. The van der Waals surface area contributed by atoms with Gasteiger partial charge < -0.3 is 10.6 Å². The summed E-state index contributed by atoms with van der Waals surface area (Å²) in [4.78, 5) is 18.1. The maximum Gasteiger partial charge on any atom is 0.237 e. The third-order valence-electron chi connectivity index (χ3n) is 4.58. The summed E-state index contributed by atoms with van der Waals surface area (Å²) in [6.07, 6.45) is 4.70. The molecule has 0 radical (unpaired) electrons. The first-order valence-electron chi connectivity index (χ1n) is 8.69. The van der Waals surface area contributed by atoms with Crippen LogP contribution in [0.3, 0.4) is 0 Å². The maximum atomic E-state index is 12.2. The third-order valence-corrected chi connectivity index (χ3v) is 5.78. The molecule has 4 nitrogen and oxygen atoms in total. The molecule has 1 aliphatic rings. The largest absolute Gasteiger partial charge is 0.352 e. The number of aromatic nitrogens is 1. The van der Waals surface area contributed by atoms with Gasteiger partial charge in [0.25, 0.3) is 0 Å². The monoisotopic (exact) mass is 343 g/mol. The fraction of sp³-hybridized carbons (Fsp3) is 0.474. The lowest BCUT2D eigenvalue weighted by atomic mass is 10.2. The van der Waals surface area contributed by atoms with Crippen LogP contribution < -0.4 is 10.6 Å². The molecule has 1 atom stereocenters. The maximum absolute atomic E-state index is 12.2. The number of carbonyl (C=O) groups excluding carboxylic acids is 1. The summed E-state index contributed by atoms with van der Waals surface area (Å²) < 4.78 is 0. The van der Waals surface area contributed by atoms with Gasteiger partial charge >= 0.3 is 0 Å². The minimum atomic E-state index is -0.188. The van der Waals surface area contributed by atoms with Crippen LogP contribution in [0.1, 0.15) is 43.2 Å². The van der Waals surface area contributed by atoms with Crippen LogP contribution in [0.15, 0.2) is 30.3 Å². The molecule has 3 rings (SSSR count). The Hall–Kier alpha value is -1.72. The smallest absolute Gasteiger partial charge is 0.237 e. The normalized spacial score (nSPS) is 16.2. The van der Waals surface area contributed by atoms with Crippen molar-refractivity contribution in [3.8, 4) is 10.6 Å². The Morgan fingerprint density at radius 2 is 2.00 bits per heavy atom. The zero-order chi connectivity index (χ0) is 16.9. The van der Waals surface area contributed by atoms with Gasteiger partial charge in [-0.2, -0.15) is 0 Å². The summed E-state index contributed by atoms with van der Waals surface area (Å²) >= 11 is 1.69. The standard InChI is InChI=1S/C19H25N3OS/c1-13-17(24-19(21-13)15-8-4-3-5-9-15)12-20-14(2)18(23)22-16-10-6-7-11-16/h3-5,8-9,14,16,20H,6-7,10-12H2,1-2H3,(H,22,23)/t14-/m1/s1. The number of benzene rings is 1. The van der Waals surface area contributed by atoms with Crippen LogP contribution in [0.4, 0.5) is 0 Å². The summed E-state index contributed by atoms with van der Waals surface area (Å²) in [6.45, 7) is 4.64. The van der Waals surface area contributed by atoms with Gasteiger partial charge in [-0.3, -0.25) is 4.79 Å². The second kappa shape index (κ2) is 7.90. The quantitative estimate of drug-likeness (QED) is 0.842. The number of rotatable bonds is 6. The van der Waals surface area contributed by atoms with Gasteiger partial charge in [0.05, 0.1) is 11.7 Å². The Bertz CT molecular complexity index is 677. The lowest BCUT2D eigenvalue weighted by Gasteiger charge is -2.17. The van der Waals surface area contributed by atoms with Crippen molar-refractivity contribution in [2.45, 2.75) is 58.2 Å². The average molecular weight is 343 g/mol. The molecule has 1 aromatic heterocycles. The second-order valence-corrected chi connectivity index (χ2v) is 7.57. The SMILES string of the molecule is Cc1nc(-c2ccccc2)sc1CN[C@H](C)C(=O)NC1CCCC1. The van der Waals surface area contributed by atoms with Gasteiger partial charge in [0, 0.05) is 23.0 Å². The number of amides is 1. The van der Waals surface area contributed by atoms with Crippen LogP contribution >= 0.6 is 11.3 Å². The number of aryl methyl sites for hydroxylation is 1. The van der Waals surface area contributed by atoms with E-state index in [1.807, 2.05) is 32.0 Å². The van der Waals surface area contributed by atoms with Gasteiger partial charge in [-0.1, -0.05) is 43.2 Å². The first kappa shape index (κ1) is 17.1. The third kappa shape index (κ3) is 4.22. The topological polar surface area (TPSA) is 54.0 Å². The molecule has 2 aromatic rings. The molecular formula is C19H25N3OS. The Morgan fingerprint density at radius 1 is 1.29 bits per heavy atom. The molecule has 2 N–H and O–H groups in total. The van der Waals surface area contributed by atoms with Gasteiger partial charge in [-0.25, -0.2) is 4.98 Å². The number of hydrogen-bond donors (Lipinski definition) is 2. The number of nitrogens with zero attached hydrogens (tertiary/aromatic N) is 1. The minimum absolute atomic E-state index is 0.104. The molecule has 1 heterocycles. The molecule has 24 heavy (non-hydrogen) atoms. The summed E-state index contributed by atoms with van der Waals surface area (Å²) in [5.41, 5.74) is 2.18. The van der Waals surface area contributed by atoms with E-state index >= 15 is 0 Å². The lowest BCUT2D eigenvalue weighted by molar-refractivity contribution is -0.123. The Balaban J connectivity index is 1.56. The predicted octanol–water partition coefficient (Wildman–Crippen LogP) is 3.66. The van der Waals surface area contributed by atoms with Crippen LogP contribution in [-0.4, -0.2) is 23.0 Å². The summed E-state index contributed by atoms with van der Waals surface area (Å²) in [6, 6.07) is 10.4. The average Bonchev–Trinajstić information content (AvgIpc) is 3.23. The highest BCUT2D eigenvalue weighted by atomic mass is 32.1. The Labute approximate surface area is 147 Å². The highest BCUT2D eigenvalue weighted by molar-refractivity contribution is 7.15. The van der Waals surface area contributed by atoms with E-state index in [4.69, 9.17) is 0 Å². The highest BCUT2D eigenvalue weighted by Gasteiger charge is 2.20. The van der Waals surface area contributed by atoms with Gasteiger partial charge in [0.2, 0.25) is 5.91 Å². The molecule has 0 spiro atoms. The molecule has 1 saturated carbocycles. The van der Waals surface area contributed by atoms with Crippen molar-refractivity contribution in [2.75, 3.05) is 0 Å². The molecule has 128 valence electrons. The molecule has 1 aliphatic carbocycles. The molecule has 0 bridgehead atoms. The van der Waals surface area contributed by atoms with Gasteiger partial charge in [0.1, 0.15) is 5.01 Å². The first-order chi connectivity index (χ1) is 11.6. The van der Waals surface area contributed by atoms with Crippen molar-refractivity contribution >= 4 is 17.2 Å². The lowest BCUT2D eigenvalue weighted by Crippen LogP contribution is -2.45. The van der Waals surface area contributed by atoms with Crippen LogP contribution in [0.2, 0.25) is 0 Å². The van der Waals surface area contributed by atoms with Crippen molar-refractivity contribution in [3.05, 3.63) is 40.9 Å². The van der Waals surface area contributed by atoms with Gasteiger partial charge in [0.15, 0.2) is 0 Å². The number of carbonyl (C=O) groups is 1. The molecular weight excluding hydrogens is 318 g/mol. The Kier molecular flexibility index (Phi) is 5.63. The van der Waals surface area contributed by atoms with Crippen molar-refractivity contribution in [2.24, 2.45) is 0 Å². The summed E-state index contributed by atoms with van der Waals surface area (Å²) in [5.74, 6) is 0.104. The van der Waals surface area contributed by atoms with E-state index < -0.39 is 0 Å². The number of nitrogens with one attached hydrogen (secondary N) is 2. The molecule has 5 heteroatoms. The van der Waals surface area contributed by atoms with Crippen LogP contribution in [0, 0.1) is 6.92 Å². The fourth-order valence-electron chi connectivity index (χ4n) is 3.03. The summed E-state index contributed by atoms with van der Waals surface area (Å²) in [5, 5.41) is 7.52. The number of hydrogen-bond acceptors (Lipinski definition) is 4. The number of thiazole rings is 1. The van der Waals surface area contributed by atoms with Crippen molar-refractivity contribution in [3.63, 3.8) is 0 Å². The van der Waals surface area contributed by atoms with Crippen LogP contribution in [0.25, 0.3) is 10.6 Å². The molecule has 1 amide bonds. The molecule has 0 aliphatic heterocycles. The van der Waals surface area contributed by atoms with E-state index in [9.17, 15) is 4.79 Å². The zero-order valence-electron chi connectivity index (χ0n) is 14.3.